The van der Waals surface area contributed by atoms with Crippen molar-refractivity contribution in [2.24, 2.45) is 0 Å². The zero-order chi connectivity index (χ0) is 17.2. The van der Waals surface area contributed by atoms with Gasteiger partial charge in [0.25, 0.3) is 0 Å². The van der Waals surface area contributed by atoms with E-state index >= 15 is 0 Å². The molecular weight excluding hydrogens is 304 g/mol. The molecule has 2 aromatic carbocycles. The predicted octanol–water partition coefficient (Wildman–Crippen LogP) is 3.24. The van der Waals surface area contributed by atoms with Gasteiger partial charge >= 0.3 is 0 Å². The Kier molecular flexibility index (Phi) is 7.39. The van der Waals surface area contributed by atoms with E-state index in [0.717, 1.165) is 5.56 Å². The number of benzene rings is 2. The van der Waals surface area contributed by atoms with Gasteiger partial charge in [0.15, 0.2) is 0 Å². The molecule has 0 spiro atoms. The third-order valence-corrected chi connectivity index (χ3v) is 4.05. The number of nitro groups is 1. The van der Waals surface area contributed by atoms with Gasteiger partial charge in [0.1, 0.15) is 0 Å². The molecule has 5 nitrogen and oxygen atoms in total. The number of likely N-dealkylation sites (tertiary alicyclic amines) is 1. The van der Waals surface area contributed by atoms with Crippen LogP contribution in [0.1, 0.15) is 12.0 Å². The molecule has 0 radical (unpaired) electrons. The number of likely N-dealkylation sites (N-methyl/N-ethyl adjacent to an activating group) is 1. The zero-order valence-corrected chi connectivity index (χ0v) is 14.0. The third kappa shape index (κ3) is 6.10. The second-order valence-corrected chi connectivity index (χ2v) is 5.92. The van der Waals surface area contributed by atoms with Crippen molar-refractivity contribution in [3.63, 3.8) is 0 Å². The molecule has 5 heteroatoms. The van der Waals surface area contributed by atoms with E-state index in [0.29, 0.717) is 26.2 Å². The molecule has 2 unspecified atom stereocenters. The molecule has 0 aromatic heterocycles. The molecule has 0 N–H and O–H groups in total. The van der Waals surface area contributed by atoms with Crippen molar-refractivity contribution < 1.29 is 9.66 Å². The van der Waals surface area contributed by atoms with Crippen LogP contribution in [0, 0.1) is 10.1 Å². The van der Waals surface area contributed by atoms with Crippen LogP contribution in [-0.4, -0.2) is 42.1 Å². The average molecular weight is 328 g/mol. The molecule has 1 heterocycles. The van der Waals surface area contributed by atoms with Gasteiger partial charge in [-0.1, -0.05) is 66.7 Å². The highest BCUT2D eigenvalue weighted by Gasteiger charge is 2.36. The summed E-state index contributed by atoms with van der Waals surface area (Å²) < 4.78 is 5.64. The zero-order valence-electron chi connectivity index (χ0n) is 14.0. The van der Waals surface area contributed by atoms with Gasteiger partial charge in [-0.15, -0.1) is 0 Å². The fraction of sp³-hybridized carbons (Fsp3) is 0.368. The van der Waals surface area contributed by atoms with Gasteiger partial charge in [-0.2, -0.15) is 0 Å². The van der Waals surface area contributed by atoms with E-state index in [1.165, 1.54) is 0 Å². The lowest BCUT2D eigenvalue weighted by Crippen LogP contribution is -2.29. The Balaban J connectivity index is 0.000000292. The number of ether oxygens (including phenoxy) is 1. The first-order valence-corrected chi connectivity index (χ1v) is 8.12. The Morgan fingerprint density at radius 3 is 2.12 bits per heavy atom. The summed E-state index contributed by atoms with van der Waals surface area (Å²) in [6.07, 6.45) is 0.582. The lowest BCUT2D eigenvalue weighted by atomic mass is 10.2. The van der Waals surface area contributed by atoms with Gasteiger partial charge in [-0.25, -0.2) is 0 Å². The monoisotopic (exact) mass is 328 g/mol. The fourth-order valence-corrected chi connectivity index (χ4v) is 2.67. The molecule has 0 aliphatic carbocycles. The van der Waals surface area contributed by atoms with Crippen molar-refractivity contribution in [1.29, 1.82) is 0 Å². The van der Waals surface area contributed by atoms with Crippen LogP contribution in [0.25, 0.3) is 0 Å². The normalized spacial score (nSPS) is 20.2. The minimum absolute atomic E-state index is 0.157. The molecule has 1 aliphatic rings. The van der Waals surface area contributed by atoms with E-state index in [1.807, 2.05) is 78.7 Å². The highest BCUT2D eigenvalue weighted by atomic mass is 16.6. The van der Waals surface area contributed by atoms with E-state index in [-0.39, 0.29) is 11.0 Å². The van der Waals surface area contributed by atoms with Gasteiger partial charge in [0.05, 0.1) is 19.8 Å². The van der Waals surface area contributed by atoms with E-state index < -0.39 is 6.04 Å². The van der Waals surface area contributed by atoms with Crippen LogP contribution >= 0.6 is 0 Å². The van der Waals surface area contributed by atoms with Gasteiger partial charge in [-0.3, -0.25) is 15.0 Å². The summed E-state index contributed by atoms with van der Waals surface area (Å²) in [5.74, 6) is 0. The Hall–Kier alpha value is -2.24. The van der Waals surface area contributed by atoms with Gasteiger partial charge in [-0.05, 0) is 12.6 Å². The van der Waals surface area contributed by atoms with Crippen LogP contribution in [0.3, 0.4) is 0 Å². The largest absolute Gasteiger partial charge is 0.375 e. The molecule has 24 heavy (non-hydrogen) atoms. The summed E-state index contributed by atoms with van der Waals surface area (Å²) >= 11 is 0. The maximum absolute atomic E-state index is 10.7. The smallest absolute Gasteiger partial charge is 0.227 e. The molecule has 2 atom stereocenters. The average Bonchev–Trinajstić information content (AvgIpc) is 2.99. The fourth-order valence-electron chi connectivity index (χ4n) is 2.67. The summed E-state index contributed by atoms with van der Waals surface area (Å²) in [5, 5.41) is 10.7. The van der Waals surface area contributed by atoms with E-state index in [1.54, 1.807) is 0 Å². The molecule has 0 amide bonds. The van der Waals surface area contributed by atoms with E-state index in [9.17, 15) is 10.1 Å². The molecule has 3 rings (SSSR count). The molecule has 0 saturated carbocycles. The molecule has 0 bridgehead atoms. The van der Waals surface area contributed by atoms with Gasteiger partial charge in [0.2, 0.25) is 6.04 Å². The van der Waals surface area contributed by atoms with Crippen LogP contribution in [0.4, 0.5) is 0 Å². The number of hydrogen-bond donors (Lipinski definition) is 0. The summed E-state index contributed by atoms with van der Waals surface area (Å²) in [4.78, 5) is 12.6. The first-order valence-electron chi connectivity index (χ1n) is 8.12. The first kappa shape index (κ1) is 18.1. The second kappa shape index (κ2) is 9.80. The molecule has 1 saturated heterocycles. The number of hydrogen-bond acceptors (Lipinski definition) is 4. The number of rotatable bonds is 5. The second-order valence-electron chi connectivity index (χ2n) is 5.92. The molecule has 2 aromatic rings. The molecule has 1 aliphatic heterocycles. The first-order chi connectivity index (χ1) is 11.7. The Morgan fingerprint density at radius 1 is 1.08 bits per heavy atom. The van der Waals surface area contributed by atoms with E-state index in [2.05, 4.69) is 0 Å². The van der Waals surface area contributed by atoms with Crippen molar-refractivity contribution in [3.05, 3.63) is 82.4 Å². The van der Waals surface area contributed by atoms with Crippen LogP contribution in [0.5, 0.6) is 0 Å². The summed E-state index contributed by atoms with van der Waals surface area (Å²) in [6.45, 7) is 1.64. The van der Waals surface area contributed by atoms with Crippen molar-refractivity contribution in [2.45, 2.75) is 25.1 Å². The Bertz CT molecular complexity index is 565. The Morgan fingerprint density at radius 2 is 1.62 bits per heavy atom. The highest BCUT2D eigenvalue weighted by molar-refractivity contribution is 5.13. The van der Waals surface area contributed by atoms with Crippen LogP contribution in [-0.2, 0) is 11.3 Å². The standard InChI is InChI=1S/C13H18N2O3.C6H6/c1-14-8-12(15(16)17)7-13(14)10-18-9-11-5-3-2-4-6-11;1-2-4-6-5-3-1/h2-6,12-13H,7-10H2,1H3;1-6H. The summed E-state index contributed by atoms with van der Waals surface area (Å²) in [6, 6.07) is 21.7. The number of nitrogens with zero attached hydrogens (tertiary/aromatic N) is 2. The SMILES string of the molecule is CN1CC([N+](=O)[O-])CC1COCc1ccccc1.c1ccccc1. The highest BCUT2D eigenvalue weighted by Crippen LogP contribution is 2.18. The minimum atomic E-state index is -0.444. The van der Waals surface area contributed by atoms with Crippen LogP contribution < -0.4 is 0 Å². The topological polar surface area (TPSA) is 55.6 Å². The van der Waals surface area contributed by atoms with Gasteiger partial charge < -0.3 is 4.74 Å². The van der Waals surface area contributed by atoms with Crippen molar-refractivity contribution >= 4 is 0 Å². The quantitative estimate of drug-likeness (QED) is 0.624. The van der Waals surface area contributed by atoms with Crippen molar-refractivity contribution in [3.8, 4) is 0 Å². The maximum atomic E-state index is 10.7. The lowest BCUT2D eigenvalue weighted by Gasteiger charge is -2.17. The molecular formula is C19H24N2O3. The predicted molar refractivity (Wildman–Crippen MR) is 94.4 cm³/mol. The third-order valence-electron chi connectivity index (χ3n) is 4.05. The van der Waals surface area contributed by atoms with E-state index in [4.69, 9.17) is 4.74 Å². The Labute approximate surface area is 143 Å². The summed E-state index contributed by atoms with van der Waals surface area (Å²) in [7, 11) is 1.92. The molecule has 1 fully saturated rings. The molecule has 128 valence electrons. The maximum Gasteiger partial charge on any atom is 0.227 e. The minimum Gasteiger partial charge on any atom is -0.375 e. The van der Waals surface area contributed by atoms with Crippen molar-refractivity contribution in [2.75, 3.05) is 20.2 Å². The van der Waals surface area contributed by atoms with Crippen LogP contribution in [0.2, 0.25) is 0 Å². The van der Waals surface area contributed by atoms with Crippen molar-refractivity contribution in [1.82, 2.24) is 4.90 Å². The summed E-state index contributed by atoms with van der Waals surface area (Å²) in [5.41, 5.74) is 1.13. The van der Waals surface area contributed by atoms with Gasteiger partial charge in [0, 0.05) is 17.4 Å². The van der Waals surface area contributed by atoms with Crippen LogP contribution in [0.15, 0.2) is 66.7 Å². The lowest BCUT2D eigenvalue weighted by molar-refractivity contribution is -0.518.